The zero-order valence-corrected chi connectivity index (χ0v) is 18.2. The standard InChI is InChI=1S/C22H36N4O3/c1-5-23-20(25-15-22(9-11-27)10-12-29-16-22)24-14-17-7-6-8-18(13-17)19(28)26-21(2,3)4/h6-8,13,27H,5,9-12,14-16H2,1-4H3,(H,26,28)(H2,23,24,25). The summed E-state index contributed by atoms with van der Waals surface area (Å²) in [4.78, 5) is 17.1. The van der Waals surface area contributed by atoms with Crippen LogP contribution in [0.15, 0.2) is 29.3 Å². The number of nitrogens with zero attached hydrogens (tertiary/aromatic N) is 1. The first-order valence-corrected chi connectivity index (χ1v) is 10.4. The molecule has 1 atom stereocenters. The zero-order valence-electron chi connectivity index (χ0n) is 18.2. The number of ether oxygens (including phenoxy) is 1. The van der Waals surface area contributed by atoms with Crippen LogP contribution in [0.3, 0.4) is 0 Å². The Morgan fingerprint density at radius 2 is 2.10 bits per heavy atom. The minimum Gasteiger partial charge on any atom is -0.396 e. The fraction of sp³-hybridized carbons (Fsp3) is 0.636. The molecule has 29 heavy (non-hydrogen) atoms. The van der Waals surface area contributed by atoms with E-state index in [0.717, 1.165) is 31.1 Å². The highest BCUT2D eigenvalue weighted by Crippen LogP contribution is 2.31. The highest BCUT2D eigenvalue weighted by molar-refractivity contribution is 5.94. The maximum Gasteiger partial charge on any atom is 0.251 e. The fourth-order valence-corrected chi connectivity index (χ4v) is 3.32. The lowest BCUT2D eigenvalue weighted by molar-refractivity contribution is 0.0919. The molecule has 0 saturated carbocycles. The highest BCUT2D eigenvalue weighted by atomic mass is 16.5. The van der Waals surface area contributed by atoms with Gasteiger partial charge in [0.05, 0.1) is 13.2 Å². The number of aliphatic hydroxyl groups is 1. The van der Waals surface area contributed by atoms with Gasteiger partial charge in [0, 0.05) is 42.8 Å². The summed E-state index contributed by atoms with van der Waals surface area (Å²) in [5, 5.41) is 19.0. The Labute approximate surface area is 174 Å². The van der Waals surface area contributed by atoms with Crippen LogP contribution in [0.1, 0.15) is 56.5 Å². The van der Waals surface area contributed by atoms with Gasteiger partial charge in [-0.3, -0.25) is 4.79 Å². The first kappa shape index (κ1) is 23.2. The fourth-order valence-electron chi connectivity index (χ4n) is 3.32. The molecule has 1 amide bonds. The van der Waals surface area contributed by atoms with Gasteiger partial charge in [-0.1, -0.05) is 12.1 Å². The molecule has 162 valence electrons. The molecule has 1 aromatic carbocycles. The lowest BCUT2D eigenvalue weighted by atomic mass is 9.84. The molecule has 1 fully saturated rings. The first-order valence-electron chi connectivity index (χ1n) is 10.4. The Kier molecular flexibility index (Phi) is 8.46. The van der Waals surface area contributed by atoms with Gasteiger partial charge >= 0.3 is 0 Å². The van der Waals surface area contributed by atoms with E-state index in [1.807, 2.05) is 52.0 Å². The number of hydrogen-bond acceptors (Lipinski definition) is 4. The van der Waals surface area contributed by atoms with Gasteiger partial charge in [0.15, 0.2) is 5.96 Å². The van der Waals surface area contributed by atoms with Crippen molar-refractivity contribution in [3.63, 3.8) is 0 Å². The van der Waals surface area contributed by atoms with Crippen LogP contribution in [0, 0.1) is 5.41 Å². The Morgan fingerprint density at radius 1 is 1.31 bits per heavy atom. The summed E-state index contributed by atoms with van der Waals surface area (Å²) in [6.45, 7) is 11.4. The summed E-state index contributed by atoms with van der Waals surface area (Å²) in [7, 11) is 0. The minimum atomic E-state index is -0.276. The minimum absolute atomic E-state index is 0.0457. The van der Waals surface area contributed by atoms with Crippen LogP contribution >= 0.6 is 0 Å². The Morgan fingerprint density at radius 3 is 2.72 bits per heavy atom. The molecule has 1 saturated heterocycles. The molecule has 0 aromatic heterocycles. The van der Waals surface area contributed by atoms with Crippen molar-refractivity contribution in [1.29, 1.82) is 0 Å². The molecule has 4 N–H and O–H groups in total. The van der Waals surface area contributed by atoms with Gasteiger partial charge in [0.2, 0.25) is 0 Å². The average molecular weight is 405 g/mol. The van der Waals surface area contributed by atoms with Crippen molar-refractivity contribution in [1.82, 2.24) is 16.0 Å². The van der Waals surface area contributed by atoms with Gasteiger partial charge < -0.3 is 25.8 Å². The Hall–Kier alpha value is -2.12. The number of aliphatic hydroxyl groups excluding tert-OH is 1. The van der Waals surface area contributed by atoms with Crippen LogP contribution in [0.4, 0.5) is 0 Å². The SMILES string of the molecule is CCNC(=NCc1cccc(C(=O)NC(C)(C)C)c1)NCC1(CCO)CCOC1. The van der Waals surface area contributed by atoms with E-state index in [1.54, 1.807) is 0 Å². The Bertz CT molecular complexity index is 692. The number of nitrogens with one attached hydrogen (secondary N) is 3. The number of carbonyl (C=O) groups is 1. The van der Waals surface area contributed by atoms with E-state index in [-0.39, 0.29) is 23.5 Å². The highest BCUT2D eigenvalue weighted by Gasteiger charge is 2.34. The van der Waals surface area contributed by atoms with E-state index in [4.69, 9.17) is 4.74 Å². The number of benzene rings is 1. The third-order valence-electron chi connectivity index (χ3n) is 4.90. The Balaban J connectivity index is 2.02. The predicted octanol–water partition coefficient (Wildman–Crippen LogP) is 2.06. The van der Waals surface area contributed by atoms with Crippen molar-refractivity contribution in [2.24, 2.45) is 10.4 Å². The van der Waals surface area contributed by atoms with Crippen LogP contribution in [-0.4, -0.2) is 55.4 Å². The summed E-state index contributed by atoms with van der Waals surface area (Å²) >= 11 is 0. The van der Waals surface area contributed by atoms with Crippen molar-refractivity contribution in [2.45, 2.75) is 52.6 Å². The maximum atomic E-state index is 12.4. The van der Waals surface area contributed by atoms with Crippen LogP contribution < -0.4 is 16.0 Å². The molecule has 1 aliphatic heterocycles. The number of aliphatic imine (C=N–C) groups is 1. The second kappa shape index (κ2) is 10.6. The van der Waals surface area contributed by atoms with Crippen LogP contribution in [-0.2, 0) is 11.3 Å². The van der Waals surface area contributed by atoms with Crippen molar-refractivity contribution < 1.29 is 14.6 Å². The summed E-state index contributed by atoms with van der Waals surface area (Å²) < 4.78 is 5.56. The van der Waals surface area contributed by atoms with Gasteiger partial charge in [0.25, 0.3) is 5.91 Å². The average Bonchev–Trinajstić information content (AvgIpc) is 3.12. The van der Waals surface area contributed by atoms with Crippen LogP contribution in [0.25, 0.3) is 0 Å². The van der Waals surface area contributed by atoms with Gasteiger partial charge in [0.1, 0.15) is 0 Å². The van der Waals surface area contributed by atoms with E-state index in [0.29, 0.717) is 31.7 Å². The van der Waals surface area contributed by atoms with Crippen molar-refractivity contribution in [3.8, 4) is 0 Å². The van der Waals surface area contributed by atoms with Gasteiger partial charge in [-0.05, 0) is 58.2 Å². The van der Waals surface area contributed by atoms with Crippen molar-refractivity contribution in [2.75, 3.05) is 32.9 Å². The molecular weight excluding hydrogens is 368 g/mol. The second-order valence-electron chi connectivity index (χ2n) is 8.73. The maximum absolute atomic E-state index is 12.4. The third-order valence-corrected chi connectivity index (χ3v) is 4.90. The summed E-state index contributed by atoms with van der Waals surface area (Å²) in [6.07, 6.45) is 1.65. The van der Waals surface area contributed by atoms with E-state index >= 15 is 0 Å². The number of amides is 1. The summed E-state index contributed by atoms with van der Waals surface area (Å²) in [5.41, 5.74) is 1.28. The monoisotopic (exact) mass is 404 g/mol. The molecule has 0 radical (unpaired) electrons. The van der Waals surface area contributed by atoms with Gasteiger partial charge in [-0.2, -0.15) is 0 Å². The molecule has 0 spiro atoms. The molecule has 1 heterocycles. The lowest BCUT2D eigenvalue weighted by Gasteiger charge is -2.27. The van der Waals surface area contributed by atoms with Crippen LogP contribution in [0.5, 0.6) is 0 Å². The number of carbonyl (C=O) groups excluding carboxylic acids is 1. The molecule has 1 aromatic rings. The zero-order chi connectivity index (χ0) is 21.3. The van der Waals surface area contributed by atoms with Gasteiger partial charge in [-0.25, -0.2) is 4.99 Å². The van der Waals surface area contributed by atoms with E-state index in [9.17, 15) is 9.90 Å². The molecular formula is C22H36N4O3. The quantitative estimate of drug-likeness (QED) is 0.393. The number of hydrogen-bond donors (Lipinski definition) is 4. The molecule has 0 aliphatic carbocycles. The molecule has 7 nitrogen and oxygen atoms in total. The molecule has 1 aliphatic rings. The van der Waals surface area contributed by atoms with E-state index < -0.39 is 0 Å². The summed E-state index contributed by atoms with van der Waals surface area (Å²) in [6, 6.07) is 7.55. The van der Waals surface area contributed by atoms with Crippen molar-refractivity contribution >= 4 is 11.9 Å². The lowest BCUT2D eigenvalue weighted by Crippen LogP contribution is -2.44. The second-order valence-corrected chi connectivity index (χ2v) is 8.73. The smallest absolute Gasteiger partial charge is 0.251 e. The topological polar surface area (TPSA) is 95.0 Å². The molecule has 0 bridgehead atoms. The predicted molar refractivity (Wildman–Crippen MR) is 116 cm³/mol. The number of guanidine groups is 1. The largest absolute Gasteiger partial charge is 0.396 e. The van der Waals surface area contributed by atoms with E-state index in [2.05, 4.69) is 20.9 Å². The molecule has 2 rings (SSSR count). The molecule has 1 unspecified atom stereocenters. The molecule has 7 heteroatoms. The summed E-state index contributed by atoms with van der Waals surface area (Å²) in [5.74, 6) is 0.641. The normalized spacial score (nSPS) is 19.8. The van der Waals surface area contributed by atoms with Crippen LogP contribution in [0.2, 0.25) is 0 Å². The first-order chi connectivity index (χ1) is 13.8. The third kappa shape index (κ3) is 7.66. The van der Waals surface area contributed by atoms with Crippen molar-refractivity contribution in [3.05, 3.63) is 35.4 Å². The van der Waals surface area contributed by atoms with Gasteiger partial charge in [-0.15, -0.1) is 0 Å². The number of rotatable bonds is 8. The van der Waals surface area contributed by atoms with E-state index in [1.165, 1.54) is 0 Å².